The zero-order valence-corrected chi connectivity index (χ0v) is 11.0. The molecule has 0 atom stereocenters. The summed E-state index contributed by atoms with van der Waals surface area (Å²) >= 11 is 7.17. The SMILES string of the molecule is Cc1nc(COc2ccc(Cl)c(F)c2)sc1C. The fourth-order valence-corrected chi connectivity index (χ4v) is 2.28. The molecule has 1 aromatic carbocycles. The van der Waals surface area contributed by atoms with Gasteiger partial charge in [0.15, 0.2) is 0 Å². The molecule has 2 nitrogen and oxygen atoms in total. The van der Waals surface area contributed by atoms with Crippen molar-refractivity contribution in [1.29, 1.82) is 0 Å². The number of hydrogen-bond donors (Lipinski definition) is 0. The van der Waals surface area contributed by atoms with Crippen molar-refractivity contribution in [3.8, 4) is 5.75 Å². The van der Waals surface area contributed by atoms with Crippen LogP contribution in [0, 0.1) is 19.7 Å². The Bertz CT molecular complexity index is 522. The minimum atomic E-state index is -0.476. The van der Waals surface area contributed by atoms with Crippen LogP contribution in [0.5, 0.6) is 5.75 Å². The van der Waals surface area contributed by atoms with Crippen molar-refractivity contribution in [2.24, 2.45) is 0 Å². The van der Waals surface area contributed by atoms with Gasteiger partial charge in [-0.15, -0.1) is 11.3 Å². The van der Waals surface area contributed by atoms with Gasteiger partial charge < -0.3 is 4.74 Å². The fraction of sp³-hybridized carbons (Fsp3) is 0.250. The third-order valence-electron chi connectivity index (χ3n) is 2.33. The number of rotatable bonds is 3. The van der Waals surface area contributed by atoms with E-state index in [0.717, 1.165) is 10.7 Å². The summed E-state index contributed by atoms with van der Waals surface area (Å²) in [7, 11) is 0. The maximum Gasteiger partial charge on any atom is 0.145 e. The molecule has 0 fully saturated rings. The molecule has 1 heterocycles. The number of nitrogens with zero attached hydrogens (tertiary/aromatic N) is 1. The summed E-state index contributed by atoms with van der Waals surface area (Å²) < 4.78 is 18.6. The summed E-state index contributed by atoms with van der Waals surface area (Å²) in [6, 6.07) is 4.39. The van der Waals surface area contributed by atoms with Crippen molar-refractivity contribution in [3.05, 3.63) is 44.6 Å². The lowest BCUT2D eigenvalue weighted by atomic mass is 10.3. The van der Waals surface area contributed by atoms with Gasteiger partial charge in [-0.1, -0.05) is 11.6 Å². The van der Waals surface area contributed by atoms with E-state index < -0.39 is 5.82 Å². The van der Waals surface area contributed by atoms with Crippen LogP contribution in [-0.2, 0) is 6.61 Å². The number of thiazole rings is 1. The van der Waals surface area contributed by atoms with E-state index in [1.807, 2.05) is 13.8 Å². The van der Waals surface area contributed by atoms with Gasteiger partial charge in [0.2, 0.25) is 0 Å². The van der Waals surface area contributed by atoms with E-state index >= 15 is 0 Å². The zero-order valence-electron chi connectivity index (χ0n) is 9.46. The van der Waals surface area contributed by atoms with Crippen molar-refractivity contribution in [2.45, 2.75) is 20.5 Å². The first-order valence-electron chi connectivity index (χ1n) is 5.07. The molecular weight excluding hydrogens is 261 g/mol. The summed E-state index contributed by atoms with van der Waals surface area (Å²) in [6.45, 7) is 4.32. The quantitative estimate of drug-likeness (QED) is 0.837. The van der Waals surface area contributed by atoms with Crippen LogP contribution < -0.4 is 4.74 Å². The van der Waals surface area contributed by atoms with E-state index in [4.69, 9.17) is 16.3 Å². The molecule has 2 rings (SSSR count). The van der Waals surface area contributed by atoms with Gasteiger partial charge >= 0.3 is 0 Å². The van der Waals surface area contributed by atoms with Crippen LogP contribution in [-0.4, -0.2) is 4.98 Å². The van der Waals surface area contributed by atoms with E-state index in [-0.39, 0.29) is 5.02 Å². The second kappa shape index (κ2) is 5.02. The molecule has 17 heavy (non-hydrogen) atoms. The molecule has 0 unspecified atom stereocenters. The molecule has 0 aliphatic rings. The van der Waals surface area contributed by atoms with Crippen LogP contribution in [0.15, 0.2) is 18.2 Å². The second-order valence-electron chi connectivity index (χ2n) is 3.61. The van der Waals surface area contributed by atoms with Crippen LogP contribution >= 0.6 is 22.9 Å². The molecule has 0 aliphatic heterocycles. The Balaban J connectivity index is 2.04. The van der Waals surface area contributed by atoms with Gasteiger partial charge in [0.1, 0.15) is 23.2 Å². The number of halogens is 2. The van der Waals surface area contributed by atoms with E-state index in [0.29, 0.717) is 12.4 Å². The van der Waals surface area contributed by atoms with Crippen molar-refractivity contribution in [1.82, 2.24) is 4.98 Å². The average Bonchev–Trinajstić information content (AvgIpc) is 2.60. The molecular formula is C12H11ClFNOS. The lowest BCUT2D eigenvalue weighted by Crippen LogP contribution is -1.95. The van der Waals surface area contributed by atoms with Gasteiger partial charge in [0.05, 0.1) is 10.7 Å². The number of hydrogen-bond acceptors (Lipinski definition) is 3. The Morgan fingerprint density at radius 3 is 2.76 bits per heavy atom. The number of aromatic nitrogens is 1. The average molecular weight is 272 g/mol. The lowest BCUT2D eigenvalue weighted by molar-refractivity contribution is 0.304. The summed E-state index contributed by atoms with van der Waals surface area (Å²) in [6.07, 6.45) is 0. The van der Waals surface area contributed by atoms with Crippen LogP contribution in [0.1, 0.15) is 15.6 Å². The molecule has 1 aromatic heterocycles. The van der Waals surface area contributed by atoms with Gasteiger partial charge in [-0.3, -0.25) is 0 Å². The molecule has 2 aromatic rings. The third-order valence-corrected chi connectivity index (χ3v) is 3.68. The lowest BCUT2D eigenvalue weighted by Gasteiger charge is -2.04. The summed E-state index contributed by atoms with van der Waals surface area (Å²) in [5, 5.41) is 0.980. The first-order valence-corrected chi connectivity index (χ1v) is 6.26. The van der Waals surface area contributed by atoms with Gasteiger partial charge in [-0.25, -0.2) is 9.37 Å². The predicted octanol–water partition coefficient (Wildman–Crippen LogP) is 4.13. The number of benzene rings is 1. The smallest absolute Gasteiger partial charge is 0.145 e. The van der Waals surface area contributed by atoms with E-state index in [9.17, 15) is 4.39 Å². The molecule has 0 N–H and O–H groups in total. The zero-order chi connectivity index (χ0) is 12.4. The number of ether oxygens (including phenoxy) is 1. The summed E-state index contributed by atoms with van der Waals surface area (Å²) in [5.41, 5.74) is 1.01. The van der Waals surface area contributed by atoms with Gasteiger partial charge in [0, 0.05) is 10.9 Å². The topological polar surface area (TPSA) is 22.1 Å². The molecule has 0 spiro atoms. The first-order chi connectivity index (χ1) is 8.06. The van der Waals surface area contributed by atoms with Gasteiger partial charge in [-0.05, 0) is 26.0 Å². The molecule has 0 aliphatic carbocycles. The minimum absolute atomic E-state index is 0.0956. The van der Waals surface area contributed by atoms with Crippen LogP contribution in [0.3, 0.4) is 0 Å². The minimum Gasteiger partial charge on any atom is -0.486 e. The Labute approximate surface area is 108 Å². The molecule has 0 radical (unpaired) electrons. The van der Waals surface area contributed by atoms with Crippen molar-refractivity contribution >= 4 is 22.9 Å². The highest BCUT2D eigenvalue weighted by Crippen LogP contribution is 2.22. The molecule has 0 bridgehead atoms. The summed E-state index contributed by atoms with van der Waals surface area (Å²) in [5.74, 6) is -0.0203. The molecule has 0 saturated heterocycles. The van der Waals surface area contributed by atoms with Crippen molar-refractivity contribution in [3.63, 3.8) is 0 Å². The van der Waals surface area contributed by atoms with E-state index in [1.165, 1.54) is 17.0 Å². The Hall–Kier alpha value is -1.13. The van der Waals surface area contributed by atoms with Gasteiger partial charge in [-0.2, -0.15) is 0 Å². The number of aryl methyl sites for hydroxylation is 2. The second-order valence-corrected chi connectivity index (χ2v) is 5.31. The standard InChI is InChI=1S/C12H11ClFNOS/c1-7-8(2)17-12(15-7)6-16-9-3-4-10(13)11(14)5-9/h3-5H,6H2,1-2H3. The van der Waals surface area contributed by atoms with Crippen LogP contribution in [0.4, 0.5) is 4.39 Å². The molecule has 90 valence electrons. The highest BCUT2D eigenvalue weighted by atomic mass is 35.5. The van der Waals surface area contributed by atoms with E-state index in [2.05, 4.69) is 4.98 Å². The predicted molar refractivity (Wildman–Crippen MR) is 67.3 cm³/mol. The maximum absolute atomic E-state index is 13.1. The van der Waals surface area contributed by atoms with Crippen LogP contribution in [0.2, 0.25) is 5.02 Å². The highest BCUT2D eigenvalue weighted by molar-refractivity contribution is 7.11. The Morgan fingerprint density at radius 1 is 1.41 bits per heavy atom. The van der Waals surface area contributed by atoms with Gasteiger partial charge in [0.25, 0.3) is 0 Å². The molecule has 5 heteroatoms. The van der Waals surface area contributed by atoms with Crippen molar-refractivity contribution in [2.75, 3.05) is 0 Å². The molecule has 0 amide bonds. The summed E-state index contributed by atoms with van der Waals surface area (Å²) in [4.78, 5) is 5.51. The Morgan fingerprint density at radius 2 is 2.18 bits per heavy atom. The highest BCUT2D eigenvalue weighted by Gasteiger charge is 2.06. The largest absolute Gasteiger partial charge is 0.486 e. The normalized spacial score (nSPS) is 10.6. The fourth-order valence-electron chi connectivity index (χ4n) is 1.31. The van der Waals surface area contributed by atoms with Crippen LogP contribution in [0.25, 0.3) is 0 Å². The monoisotopic (exact) mass is 271 g/mol. The first kappa shape index (κ1) is 12.3. The maximum atomic E-state index is 13.1. The van der Waals surface area contributed by atoms with Crippen molar-refractivity contribution < 1.29 is 9.13 Å². The molecule has 0 saturated carbocycles. The third kappa shape index (κ3) is 2.96. The Kier molecular flexibility index (Phi) is 3.64. The van der Waals surface area contributed by atoms with E-state index in [1.54, 1.807) is 17.4 Å².